The molecule has 140 valence electrons. The number of hydrogen-bond acceptors (Lipinski definition) is 4. The zero-order valence-corrected chi connectivity index (χ0v) is 15.8. The topological polar surface area (TPSA) is 67.4 Å². The molecule has 0 saturated carbocycles. The molecule has 6 heteroatoms. The first kappa shape index (κ1) is 18.1. The van der Waals surface area contributed by atoms with Crippen LogP contribution in [0, 0.1) is 0 Å². The third-order valence-electron chi connectivity index (χ3n) is 4.21. The van der Waals surface area contributed by atoms with Gasteiger partial charge in [-0.25, -0.2) is 0 Å². The molecule has 0 spiro atoms. The fourth-order valence-corrected chi connectivity index (χ4v) is 3.62. The van der Waals surface area contributed by atoms with Gasteiger partial charge in [0.2, 0.25) is 5.91 Å². The smallest absolute Gasteiger partial charge is 0.255 e. The quantitative estimate of drug-likeness (QED) is 0.670. The summed E-state index contributed by atoms with van der Waals surface area (Å²) in [5, 5.41) is 5.69. The summed E-state index contributed by atoms with van der Waals surface area (Å²) < 4.78 is 5.79. The minimum Gasteiger partial charge on any atom is -0.489 e. The lowest BCUT2D eigenvalue weighted by Gasteiger charge is -2.17. The first-order valence-electron chi connectivity index (χ1n) is 8.82. The SMILES string of the molecule is O=C1CSc2ccc(NC(=O)c3cccc(OCc4ccccc4)c3)cc2N1. The fraction of sp³-hybridized carbons (Fsp3) is 0.0909. The van der Waals surface area contributed by atoms with Crippen molar-refractivity contribution in [2.24, 2.45) is 0 Å². The van der Waals surface area contributed by atoms with Crippen LogP contribution in [-0.4, -0.2) is 17.6 Å². The van der Waals surface area contributed by atoms with E-state index >= 15 is 0 Å². The predicted octanol–water partition coefficient (Wildman–Crippen LogP) is 4.56. The number of carbonyl (C=O) groups is 2. The molecule has 3 aromatic carbocycles. The summed E-state index contributed by atoms with van der Waals surface area (Å²) in [6, 6.07) is 22.4. The highest BCUT2D eigenvalue weighted by atomic mass is 32.2. The molecule has 1 aliphatic rings. The number of hydrogen-bond donors (Lipinski definition) is 2. The summed E-state index contributed by atoms with van der Waals surface area (Å²) in [6.45, 7) is 0.439. The second kappa shape index (κ2) is 8.19. The Kier molecular flexibility index (Phi) is 5.30. The standard InChI is InChI=1S/C22H18N2O3S/c25-21-14-28-20-10-9-17(12-19(20)24-21)23-22(26)16-7-4-8-18(11-16)27-13-15-5-2-1-3-6-15/h1-12H,13-14H2,(H,23,26)(H,24,25). The third kappa shape index (κ3) is 4.35. The third-order valence-corrected chi connectivity index (χ3v) is 5.29. The molecule has 2 amide bonds. The fourth-order valence-electron chi connectivity index (χ4n) is 2.83. The molecular formula is C22H18N2O3S. The molecule has 28 heavy (non-hydrogen) atoms. The van der Waals surface area contributed by atoms with E-state index in [1.807, 2.05) is 48.5 Å². The Bertz CT molecular complexity index is 1020. The molecule has 0 aliphatic carbocycles. The molecule has 0 aromatic heterocycles. The van der Waals surface area contributed by atoms with Gasteiger partial charge in [0.15, 0.2) is 0 Å². The highest BCUT2D eigenvalue weighted by molar-refractivity contribution is 8.00. The Hall–Kier alpha value is -3.25. The summed E-state index contributed by atoms with van der Waals surface area (Å²) in [7, 11) is 0. The van der Waals surface area contributed by atoms with Gasteiger partial charge in [-0.2, -0.15) is 0 Å². The van der Waals surface area contributed by atoms with E-state index in [1.165, 1.54) is 11.8 Å². The van der Waals surface area contributed by atoms with Crippen LogP contribution in [0.25, 0.3) is 0 Å². The summed E-state index contributed by atoms with van der Waals surface area (Å²) in [5.41, 5.74) is 2.91. The largest absolute Gasteiger partial charge is 0.489 e. The molecule has 0 atom stereocenters. The van der Waals surface area contributed by atoms with Crippen LogP contribution >= 0.6 is 11.8 Å². The second-order valence-electron chi connectivity index (χ2n) is 6.30. The molecule has 1 heterocycles. The number of thioether (sulfide) groups is 1. The van der Waals surface area contributed by atoms with E-state index < -0.39 is 0 Å². The molecule has 3 aromatic rings. The Labute approximate surface area is 167 Å². The Morgan fingerprint density at radius 2 is 1.89 bits per heavy atom. The van der Waals surface area contributed by atoms with Crippen LogP contribution in [0.4, 0.5) is 11.4 Å². The molecule has 2 N–H and O–H groups in total. The van der Waals surface area contributed by atoms with Crippen molar-refractivity contribution in [2.75, 3.05) is 16.4 Å². The number of ether oxygens (including phenoxy) is 1. The second-order valence-corrected chi connectivity index (χ2v) is 7.32. The zero-order valence-electron chi connectivity index (χ0n) is 15.0. The molecule has 0 unspecified atom stereocenters. The van der Waals surface area contributed by atoms with Crippen LogP contribution in [0.15, 0.2) is 77.7 Å². The monoisotopic (exact) mass is 390 g/mol. The predicted molar refractivity (Wildman–Crippen MR) is 111 cm³/mol. The highest BCUT2D eigenvalue weighted by Gasteiger charge is 2.16. The minimum absolute atomic E-state index is 0.0377. The maximum atomic E-state index is 12.6. The van der Waals surface area contributed by atoms with Crippen molar-refractivity contribution in [3.63, 3.8) is 0 Å². The molecular weight excluding hydrogens is 372 g/mol. The first-order valence-corrected chi connectivity index (χ1v) is 9.81. The Balaban J connectivity index is 1.43. The van der Waals surface area contributed by atoms with E-state index in [4.69, 9.17) is 4.74 Å². The van der Waals surface area contributed by atoms with Crippen LogP contribution in [0.5, 0.6) is 5.75 Å². The van der Waals surface area contributed by atoms with Crippen molar-refractivity contribution >= 4 is 35.0 Å². The number of benzene rings is 3. The molecule has 1 aliphatic heterocycles. The number of nitrogens with one attached hydrogen (secondary N) is 2. The van der Waals surface area contributed by atoms with Gasteiger partial charge < -0.3 is 15.4 Å². The minimum atomic E-state index is -0.236. The number of amides is 2. The Morgan fingerprint density at radius 3 is 2.75 bits per heavy atom. The van der Waals surface area contributed by atoms with E-state index in [2.05, 4.69) is 10.6 Å². The van der Waals surface area contributed by atoms with Crippen LogP contribution in [-0.2, 0) is 11.4 Å². The van der Waals surface area contributed by atoms with Gasteiger partial charge in [0.05, 0.1) is 11.4 Å². The average Bonchev–Trinajstić information content (AvgIpc) is 2.73. The van der Waals surface area contributed by atoms with Crippen molar-refractivity contribution in [2.45, 2.75) is 11.5 Å². The van der Waals surface area contributed by atoms with Gasteiger partial charge in [0, 0.05) is 16.1 Å². The maximum Gasteiger partial charge on any atom is 0.255 e. The summed E-state index contributed by atoms with van der Waals surface area (Å²) in [4.78, 5) is 25.2. The lowest BCUT2D eigenvalue weighted by molar-refractivity contribution is -0.113. The number of carbonyl (C=O) groups excluding carboxylic acids is 2. The average molecular weight is 390 g/mol. The van der Waals surface area contributed by atoms with Crippen molar-refractivity contribution in [3.05, 3.63) is 83.9 Å². The van der Waals surface area contributed by atoms with Crippen LogP contribution in [0.3, 0.4) is 0 Å². The summed E-state index contributed by atoms with van der Waals surface area (Å²) in [5.74, 6) is 0.767. The van der Waals surface area contributed by atoms with Crippen LogP contribution in [0.1, 0.15) is 15.9 Å². The van der Waals surface area contributed by atoms with E-state index in [9.17, 15) is 9.59 Å². The first-order chi connectivity index (χ1) is 13.7. The van der Waals surface area contributed by atoms with Crippen LogP contribution in [0.2, 0.25) is 0 Å². The van der Waals surface area contributed by atoms with Crippen molar-refractivity contribution < 1.29 is 14.3 Å². The van der Waals surface area contributed by atoms with Gasteiger partial charge >= 0.3 is 0 Å². The van der Waals surface area contributed by atoms with Gasteiger partial charge in [-0.05, 0) is 42.0 Å². The van der Waals surface area contributed by atoms with Crippen molar-refractivity contribution in [1.29, 1.82) is 0 Å². The van der Waals surface area contributed by atoms with Crippen molar-refractivity contribution in [1.82, 2.24) is 0 Å². The van der Waals surface area contributed by atoms with E-state index in [1.54, 1.807) is 24.3 Å². The van der Waals surface area contributed by atoms with Gasteiger partial charge in [-0.1, -0.05) is 36.4 Å². The highest BCUT2D eigenvalue weighted by Crippen LogP contribution is 2.33. The number of anilines is 2. The van der Waals surface area contributed by atoms with E-state index in [-0.39, 0.29) is 11.8 Å². The maximum absolute atomic E-state index is 12.6. The molecule has 5 nitrogen and oxygen atoms in total. The molecule has 0 radical (unpaired) electrons. The molecule has 0 bridgehead atoms. The number of fused-ring (bicyclic) bond motifs is 1. The molecule has 0 saturated heterocycles. The Morgan fingerprint density at radius 1 is 1.04 bits per heavy atom. The van der Waals surface area contributed by atoms with E-state index in [0.717, 1.165) is 16.1 Å². The lowest BCUT2D eigenvalue weighted by Crippen LogP contribution is -2.19. The van der Waals surface area contributed by atoms with Crippen LogP contribution < -0.4 is 15.4 Å². The number of rotatable bonds is 5. The molecule has 0 fully saturated rings. The van der Waals surface area contributed by atoms with Crippen molar-refractivity contribution in [3.8, 4) is 5.75 Å². The zero-order chi connectivity index (χ0) is 19.3. The summed E-state index contributed by atoms with van der Waals surface area (Å²) in [6.07, 6.45) is 0. The summed E-state index contributed by atoms with van der Waals surface area (Å²) >= 11 is 1.49. The van der Waals surface area contributed by atoms with Gasteiger partial charge in [-0.3, -0.25) is 9.59 Å². The van der Waals surface area contributed by atoms with Gasteiger partial charge in [0.1, 0.15) is 12.4 Å². The van der Waals surface area contributed by atoms with Gasteiger partial charge in [0.25, 0.3) is 5.91 Å². The molecule has 4 rings (SSSR count). The van der Waals surface area contributed by atoms with E-state index in [0.29, 0.717) is 29.4 Å². The van der Waals surface area contributed by atoms with Gasteiger partial charge in [-0.15, -0.1) is 11.8 Å². The normalized spacial score (nSPS) is 12.6. The lowest BCUT2D eigenvalue weighted by atomic mass is 10.2.